The second-order valence-electron chi connectivity index (χ2n) is 5.29. The van der Waals surface area contributed by atoms with Crippen LogP contribution < -0.4 is 5.32 Å². The first-order valence-electron chi connectivity index (χ1n) is 7.45. The number of hydrogen-bond donors (Lipinski definition) is 1. The molecule has 2 aromatic heterocycles. The fourth-order valence-corrected chi connectivity index (χ4v) is 3.08. The minimum absolute atomic E-state index is 0.153. The molecular weight excluding hydrogens is 282 g/mol. The van der Waals surface area contributed by atoms with Crippen molar-refractivity contribution in [2.75, 3.05) is 6.54 Å². The van der Waals surface area contributed by atoms with Gasteiger partial charge >= 0.3 is 0 Å². The van der Waals surface area contributed by atoms with Gasteiger partial charge in [-0.15, -0.1) is 11.3 Å². The highest BCUT2D eigenvalue weighted by molar-refractivity contribution is 7.09. The zero-order valence-corrected chi connectivity index (χ0v) is 13.6. The van der Waals surface area contributed by atoms with Crippen LogP contribution in [0.25, 0.3) is 0 Å². The van der Waals surface area contributed by atoms with Crippen LogP contribution in [0.2, 0.25) is 0 Å². The molecule has 0 aliphatic heterocycles. The van der Waals surface area contributed by atoms with Crippen LogP contribution in [0.4, 0.5) is 0 Å². The molecule has 0 atom stereocenters. The molecule has 0 bridgehead atoms. The van der Waals surface area contributed by atoms with Crippen molar-refractivity contribution in [1.29, 1.82) is 0 Å². The summed E-state index contributed by atoms with van der Waals surface area (Å²) in [6.45, 7) is 5.63. The van der Waals surface area contributed by atoms with Crippen LogP contribution in [0.5, 0.6) is 0 Å². The van der Waals surface area contributed by atoms with Crippen molar-refractivity contribution >= 4 is 17.2 Å². The Bertz CT molecular complexity index is 560. The molecule has 2 rings (SSSR count). The molecule has 0 spiro atoms. The molecule has 0 unspecified atom stereocenters. The summed E-state index contributed by atoms with van der Waals surface area (Å²) in [5, 5.41) is 9.47. The van der Waals surface area contributed by atoms with Crippen molar-refractivity contribution in [3.63, 3.8) is 0 Å². The first-order chi connectivity index (χ1) is 10.1. The minimum atomic E-state index is 0.153. The van der Waals surface area contributed by atoms with Gasteiger partial charge in [0.1, 0.15) is 0 Å². The van der Waals surface area contributed by atoms with Crippen LogP contribution in [-0.4, -0.2) is 22.2 Å². The van der Waals surface area contributed by atoms with Crippen molar-refractivity contribution in [2.24, 2.45) is 0 Å². The van der Waals surface area contributed by atoms with Gasteiger partial charge in [0.25, 0.3) is 0 Å². The third-order valence-corrected chi connectivity index (χ3v) is 4.32. The predicted octanol–water partition coefficient (Wildman–Crippen LogP) is 3.09. The Labute approximate surface area is 130 Å². The van der Waals surface area contributed by atoms with Crippen molar-refractivity contribution in [3.05, 3.63) is 39.8 Å². The molecule has 0 radical (unpaired) electrons. The van der Waals surface area contributed by atoms with E-state index < -0.39 is 0 Å². The zero-order valence-electron chi connectivity index (χ0n) is 12.8. The lowest BCUT2D eigenvalue weighted by molar-refractivity contribution is -0.121. The van der Waals surface area contributed by atoms with Gasteiger partial charge in [-0.3, -0.25) is 9.48 Å². The predicted molar refractivity (Wildman–Crippen MR) is 86.6 cm³/mol. The molecule has 0 aliphatic carbocycles. The molecular formula is C16H23N3OS. The van der Waals surface area contributed by atoms with E-state index in [1.165, 1.54) is 10.6 Å². The number of carbonyl (C=O) groups is 1. The first kappa shape index (κ1) is 15.8. The molecule has 2 aromatic rings. The normalized spacial score (nSPS) is 10.8. The molecule has 0 saturated heterocycles. The van der Waals surface area contributed by atoms with Gasteiger partial charge in [0, 0.05) is 30.1 Å². The number of amides is 1. The van der Waals surface area contributed by atoms with Crippen molar-refractivity contribution in [3.8, 4) is 0 Å². The maximum Gasteiger partial charge on any atom is 0.220 e. The Kier molecular flexibility index (Phi) is 5.99. The summed E-state index contributed by atoms with van der Waals surface area (Å²) >= 11 is 1.76. The molecule has 114 valence electrons. The third kappa shape index (κ3) is 5.34. The van der Waals surface area contributed by atoms with Gasteiger partial charge in [-0.1, -0.05) is 6.07 Å². The summed E-state index contributed by atoms with van der Waals surface area (Å²) < 4.78 is 2.00. The van der Waals surface area contributed by atoms with Crippen molar-refractivity contribution < 1.29 is 4.79 Å². The summed E-state index contributed by atoms with van der Waals surface area (Å²) in [4.78, 5) is 13.1. The summed E-state index contributed by atoms with van der Waals surface area (Å²) in [7, 11) is 0. The highest BCUT2D eigenvalue weighted by Gasteiger charge is 2.03. The molecule has 21 heavy (non-hydrogen) atoms. The standard InChI is InChI=1S/C16H23N3OS/c1-13-12-14(2)19(18-13)10-5-9-17-16(20)8-3-6-15-7-4-11-21-15/h4,7,11-12H,3,5-6,8-10H2,1-2H3,(H,17,20). The van der Waals surface area contributed by atoms with Crippen LogP contribution >= 0.6 is 11.3 Å². The van der Waals surface area contributed by atoms with E-state index in [0.29, 0.717) is 6.42 Å². The lowest BCUT2D eigenvalue weighted by atomic mass is 10.2. The fraction of sp³-hybridized carbons (Fsp3) is 0.500. The Balaban J connectivity index is 1.56. The molecule has 0 fully saturated rings. The van der Waals surface area contributed by atoms with Gasteiger partial charge in [0.15, 0.2) is 0 Å². The number of hydrogen-bond acceptors (Lipinski definition) is 3. The van der Waals surface area contributed by atoms with Crippen LogP contribution in [0.15, 0.2) is 23.6 Å². The zero-order chi connectivity index (χ0) is 15.1. The lowest BCUT2D eigenvalue weighted by Gasteiger charge is -2.06. The average Bonchev–Trinajstić information content (AvgIpc) is 3.05. The second kappa shape index (κ2) is 7.98. The number of thiophene rings is 1. The quantitative estimate of drug-likeness (QED) is 0.762. The summed E-state index contributed by atoms with van der Waals surface area (Å²) in [5.41, 5.74) is 2.22. The molecule has 1 amide bonds. The maximum atomic E-state index is 11.7. The number of aryl methyl sites for hydroxylation is 4. The topological polar surface area (TPSA) is 46.9 Å². The SMILES string of the molecule is Cc1cc(C)n(CCCNC(=O)CCCc2cccs2)n1. The lowest BCUT2D eigenvalue weighted by Crippen LogP contribution is -2.25. The van der Waals surface area contributed by atoms with Crippen molar-refractivity contribution in [1.82, 2.24) is 15.1 Å². The number of nitrogens with one attached hydrogen (secondary N) is 1. The highest BCUT2D eigenvalue weighted by atomic mass is 32.1. The van der Waals surface area contributed by atoms with Gasteiger partial charge < -0.3 is 5.32 Å². The van der Waals surface area contributed by atoms with E-state index in [9.17, 15) is 4.79 Å². The van der Waals surface area contributed by atoms with Gasteiger partial charge in [-0.05, 0) is 50.6 Å². The highest BCUT2D eigenvalue weighted by Crippen LogP contribution is 2.11. The molecule has 0 aromatic carbocycles. The monoisotopic (exact) mass is 305 g/mol. The van der Waals surface area contributed by atoms with Crippen LogP contribution in [0, 0.1) is 13.8 Å². The van der Waals surface area contributed by atoms with E-state index in [1.807, 2.05) is 11.6 Å². The van der Waals surface area contributed by atoms with Gasteiger partial charge in [-0.2, -0.15) is 5.10 Å². The second-order valence-corrected chi connectivity index (χ2v) is 6.32. The summed E-state index contributed by atoms with van der Waals surface area (Å²) in [5.74, 6) is 0.153. The minimum Gasteiger partial charge on any atom is -0.356 e. The number of nitrogens with zero attached hydrogens (tertiary/aromatic N) is 2. The summed E-state index contributed by atoms with van der Waals surface area (Å²) in [6, 6.07) is 6.25. The van der Waals surface area contributed by atoms with E-state index in [-0.39, 0.29) is 5.91 Å². The Morgan fingerprint density at radius 1 is 1.38 bits per heavy atom. The first-order valence-corrected chi connectivity index (χ1v) is 8.33. The molecule has 0 aliphatic rings. The summed E-state index contributed by atoms with van der Waals surface area (Å²) in [6.07, 6.45) is 3.44. The van der Waals surface area contributed by atoms with E-state index in [2.05, 4.69) is 40.9 Å². The third-order valence-electron chi connectivity index (χ3n) is 3.38. The molecule has 2 heterocycles. The van der Waals surface area contributed by atoms with E-state index in [4.69, 9.17) is 0 Å². The number of carbonyl (C=O) groups excluding carboxylic acids is 1. The Morgan fingerprint density at radius 2 is 2.24 bits per heavy atom. The molecule has 5 heteroatoms. The Morgan fingerprint density at radius 3 is 2.90 bits per heavy atom. The van der Waals surface area contributed by atoms with E-state index >= 15 is 0 Å². The average molecular weight is 305 g/mol. The smallest absolute Gasteiger partial charge is 0.220 e. The maximum absolute atomic E-state index is 11.7. The van der Waals surface area contributed by atoms with Crippen molar-refractivity contribution in [2.45, 2.75) is 46.1 Å². The van der Waals surface area contributed by atoms with Crippen LogP contribution in [0.3, 0.4) is 0 Å². The van der Waals surface area contributed by atoms with Gasteiger partial charge in [0.2, 0.25) is 5.91 Å². The van der Waals surface area contributed by atoms with Gasteiger partial charge in [-0.25, -0.2) is 0 Å². The largest absolute Gasteiger partial charge is 0.356 e. The van der Waals surface area contributed by atoms with Gasteiger partial charge in [0.05, 0.1) is 5.69 Å². The Hall–Kier alpha value is -1.62. The van der Waals surface area contributed by atoms with Crippen LogP contribution in [0.1, 0.15) is 35.5 Å². The van der Waals surface area contributed by atoms with E-state index in [0.717, 1.165) is 38.0 Å². The van der Waals surface area contributed by atoms with E-state index in [1.54, 1.807) is 11.3 Å². The van der Waals surface area contributed by atoms with Crippen LogP contribution in [-0.2, 0) is 17.8 Å². The molecule has 0 saturated carbocycles. The molecule has 1 N–H and O–H groups in total. The molecule has 4 nitrogen and oxygen atoms in total. The number of aromatic nitrogens is 2. The number of rotatable bonds is 8. The fourth-order valence-electron chi connectivity index (χ4n) is 2.32.